The summed E-state index contributed by atoms with van der Waals surface area (Å²) < 4.78 is 4.97. The molecule has 110 valence electrons. The number of hydrogen-bond donors (Lipinski definition) is 2. The van der Waals surface area contributed by atoms with Gasteiger partial charge in [-0.2, -0.15) is 0 Å². The van der Waals surface area contributed by atoms with Crippen LogP contribution in [0.1, 0.15) is 28.6 Å². The molecular weight excluding hydrogens is 317 g/mol. The van der Waals surface area contributed by atoms with Gasteiger partial charge in [-0.25, -0.2) is 0 Å². The standard InChI is InChI=1S/C14H11Cl2NO4/c15-8-3-4-9(10(16)6-8)11(7-13(18)19)17-14(20)12-2-1-5-21-12/h1-6,11H,7H2,(H,17,20)(H,18,19)/t11-/m0/s1. The number of benzene rings is 1. The zero-order valence-corrected chi connectivity index (χ0v) is 12.2. The van der Waals surface area contributed by atoms with E-state index in [0.29, 0.717) is 10.6 Å². The Kier molecular flexibility index (Phi) is 4.88. The van der Waals surface area contributed by atoms with E-state index >= 15 is 0 Å². The molecule has 0 fully saturated rings. The van der Waals surface area contributed by atoms with Gasteiger partial charge < -0.3 is 14.8 Å². The van der Waals surface area contributed by atoms with Gasteiger partial charge in [0.2, 0.25) is 0 Å². The zero-order valence-electron chi connectivity index (χ0n) is 10.7. The largest absolute Gasteiger partial charge is 0.481 e. The van der Waals surface area contributed by atoms with Gasteiger partial charge in [0.15, 0.2) is 5.76 Å². The van der Waals surface area contributed by atoms with Crippen LogP contribution in [0.4, 0.5) is 0 Å². The Morgan fingerprint density at radius 3 is 2.62 bits per heavy atom. The summed E-state index contributed by atoms with van der Waals surface area (Å²) in [6.45, 7) is 0. The maximum absolute atomic E-state index is 12.0. The molecule has 0 aliphatic carbocycles. The number of amides is 1. The van der Waals surface area contributed by atoms with Gasteiger partial charge in [0.1, 0.15) is 0 Å². The van der Waals surface area contributed by atoms with E-state index in [0.717, 1.165) is 0 Å². The molecule has 21 heavy (non-hydrogen) atoms. The summed E-state index contributed by atoms with van der Waals surface area (Å²) in [6, 6.07) is 6.92. The molecule has 2 N–H and O–H groups in total. The van der Waals surface area contributed by atoms with Crippen molar-refractivity contribution in [3.63, 3.8) is 0 Å². The minimum absolute atomic E-state index is 0.0930. The SMILES string of the molecule is O=C(O)C[C@H](NC(=O)c1ccco1)c1ccc(Cl)cc1Cl. The number of carbonyl (C=O) groups excluding carboxylic acids is 1. The topological polar surface area (TPSA) is 79.5 Å². The molecular formula is C14H11Cl2NO4. The van der Waals surface area contributed by atoms with Crippen LogP contribution in [0.25, 0.3) is 0 Å². The highest BCUT2D eigenvalue weighted by molar-refractivity contribution is 6.35. The van der Waals surface area contributed by atoms with Gasteiger partial charge in [0.05, 0.1) is 18.7 Å². The Morgan fingerprint density at radius 2 is 2.05 bits per heavy atom. The van der Waals surface area contributed by atoms with Gasteiger partial charge in [-0.05, 0) is 29.8 Å². The number of rotatable bonds is 5. The highest BCUT2D eigenvalue weighted by atomic mass is 35.5. The first-order valence-electron chi connectivity index (χ1n) is 5.98. The average molecular weight is 328 g/mol. The van der Waals surface area contributed by atoms with Crippen LogP contribution in [0.3, 0.4) is 0 Å². The molecule has 1 aromatic carbocycles. The summed E-state index contributed by atoms with van der Waals surface area (Å²) in [5, 5.41) is 12.3. The normalized spacial score (nSPS) is 11.9. The van der Waals surface area contributed by atoms with Gasteiger partial charge in [-0.15, -0.1) is 0 Å². The summed E-state index contributed by atoms with van der Waals surface area (Å²) in [4.78, 5) is 23.0. The molecule has 0 saturated heterocycles. The highest BCUT2D eigenvalue weighted by Gasteiger charge is 2.22. The fourth-order valence-corrected chi connectivity index (χ4v) is 2.37. The Hall–Kier alpha value is -1.98. The van der Waals surface area contributed by atoms with Crippen molar-refractivity contribution in [3.05, 3.63) is 58.0 Å². The number of aliphatic carboxylic acids is 1. The van der Waals surface area contributed by atoms with Gasteiger partial charge in [0.25, 0.3) is 5.91 Å². The summed E-state index contributed by atoms with van der Waals surface area (Å²) in [6.07, 6.45) is 1.05. The first-order chi connectivity index (χ1) is 9.97. The molecule has 7 heteroatoms. The van der Waals surface area contributed by atoms with Gasteiger partial charge in [0, 0.05) is 10.0 Å². The van der Waals surface area contributed by atoms with Crippen LogP contribution < -0.4 is 5.32 Å². The number of carboxylic acids is 1. The number of hydrogen-bond acceptors (Lipinski definition) is 3. The number of furan rings is 1. The van der Waals surface area contributed by atoms with Gasteiger partial charge in [-0.1, -0.05) is 29.3 Å². The number of carbonyl (C=O) groups is 2. The predicted molar refractivity (Wildman–Crippen MR) is 77.6 cm³/mol. The van der Waals surface area contributed by atoms with Gasteiger partial charge >= 0.3 is 5.97 Å². The highest BCUT2D eigenvalue weighted by Crippen LogP contribution is 2.28. The second kappa shape index (κ2) is 6.65. The molecule has 2 rings (SSSR count). The third-order valence-corrected chi connectivity index (χ3v) is 3.33. The molecule has 0 unspecified atom stereocenters. The molecule has 1 amide bonds. The quantitative estimate of drug-likeness (QED) is 0.880. The van der Waals surface area contributed by atoms with Crippen molar-refractivity contribution >= 4 is 35.1 Å². The monoisotopic (exact) mass is 327 g/mol. The van der Waals surface area contributed by atoms with E-state index in [1.54, 1.807) is 18.2 Å². The molecule has 0 bridgehead atoms. The lowest BCUT2D eigenvalue weighted by atomic mass is 10.0. The van der Waals surface area contributed by atoms with Crippen molar-refractivity contribution in [2.45, 2.75) is 12.5 Å². The lowest BCUT2D eigenvalue weighted by Crippen LogP contribution is -2.30. The second-order valence-electron chi connectivity index (χ2n) is 4.27. The molecule has 0 aliphatic rings. The fraction of sp³-hybridized carbons (Fsp3) is 0.143. The predicted octanol–water partition coefficient (Wildman–Crippen LogP) is 3.53. The Labute approximate surface area is 130 Å². The van der Waals surface area contributed by atoms with Crippen LogP contribution in [0.15, 0.2) is 41.0 Å². The summed E-state index contributed by atoms with van der Waals surface area (Å²) >= 11 is 11.9. The molecule has 2 aromatic rings. The molecule has 0 radical (unpaired) electrons. The minimum atomic E-state index is -1.06. The van der Waals surface area contributed by atoms with E-state index in [2.05, 4.69) is 5.32 Å². The molecule has 1 heterocycles. The van der Waals surface area contributed by atoms with Crippen molar-refractivity contribution in [2.75, 3.05) is 0 Å². The van der Waals surface area contributed by atoms with E-state index in [1.165, 1.54) is 18.4 Å². The maximum Gasteiger partial charge on any atom is 0.305 e. The zero-order chi connectivity index (χ0) is 15.4. The van der Waals surface area contributed by atoms with Crippen LogP contribution >= 0.6 is 23.2 Å². The van der Waals surface area contributed by atoms with Crippen LogP contribution in [0, 0.1) is 0 Å². The average Bonchev–Trinajstić information content (AvgIpc) is 2.91. The Morgan fingerprint density at radius 1 is 1.29 bits per heavy atom. The molecule has 1 aromatic heterocycles. The van der Waals surface area contributed by atoms with Crippen molar-refractivity contribution in [3.8, 4) is 0 Å². The van der Waals surface area contributed by atoms with Gasteiger partial charge in [-0.3, -0.25) is 9.59 Å². The van der Waals surface area contributed by atoms with Crippen LogP contribution in [-0.2, 0) is 4.79 Å². The molecule has 1 atom stereocenters. The smallest absolute Gasteiger partial charge is 0.305 e. The lowest BCUT2D eigenvalue weighted by molar-refractivity contribution is -0.137. The number of carboxylic acid groups (broad SMARTS) is 1. The maximum atomic E-state index is 12.0. The van der Waals surface area contributed by atoms with E-state index < -0.39 is 17.9 Å². The molecule has 0 aliphatic heterocycles. The summed E-state index contributed by atoms with van der Waals surface area (Å²) in [7, 11) is 0. The van der Waals surface area contributed by atoms with Crippen molar-refractivity contribution in [2.24, 2.45) is 0 Å². The first kappa shape index (κ1) is 15.4. The van der Waals surface area contributed by atoms with Crippen molar-refractivity contribution < 1.29 is 19.1 Å². The number of halogens is 2. The summed E-state index contributed by atoms with van der Waals surface area (Å²) in [5.74, 6) is -1.49. The van der Waals surface area contributed by atoms with Crippen molar-refractivity contribution in [1.29, 1.82) is 0 Å². The van der Waals surface area contributed by atoms with Crippen LogP contribution in [-0.4, -0.2) is 17.0 Å². The fourth-order valence-electron chi connectivity index (χ4n) is 1.83. The minimum Gasteiger partial charge on any atom is -0.481 e. The molecule has 0 spiro atoms. The van der Waals surface area contributed by atoms with Crippen molar-refractivity contribution in [1.82, 2.24) is 5.32 Å². The van der Waals surface area contributed by atoms with E-state index in [4.69, 9.17) is 32.7 Å². The summed E-state index contributed by atoms with van der Waals surface area (Å²) in [5.41, 5.74) is 0.475. The van der Waals surface area contributed by atoms with E-state index in [9.17, 15) is 9.59 Å². The van der Waals surface area contributed by atoms with E-state index in [1.807, 2.05) is 0 Å². The van der Waals surface area contributed by atoms with Crippen LogP contribution in [0.5, 0.6) is 0 Å². The second-order valence-corrected chi connectivity index (χ2v) is 5.11. The Balaban J connectivity index is 2.25. The lowest BCUT2D eigenvalue weighted by Gasteiger charge is -2.18. The first-order valence-corrected chi connectivity index (χ1v) is 6.74. The molecule has 5 nitrogen and oxygen atoms in total. The molecule has 0 saturated carbocycles. The third-order valence-electron chi connectivity index (χ3n) is 2.77. The third kappa shape index (κ3) is 4.00. The number of nitrogens with one attached hydrogen (secondary N) is 1. The van der Waals surface area contributed by atoms with E-state index in [-0.39, 0.29) is 17.2 Å². The Bertz CT molecular complexity index is 655. The van der Waals surface area contributed by atoms with Crippen LogP contribution in [0.2, 0.25) is 10.0 Å².